The maximum atomic E-state index is 13.3. The summed E-state index contributed by atoms with van der Waals surface area (Å²) in [5.74, 6) is 0.245. The number of rotatable bonds is 5. The molecule has 4 aromatic rings. The molecule has 0 radical (unpaired) electrons. The van der Waals surface area contributed by atoms with Crippen molar-refractivity contribution in [2.45, 2.75) is 0 Å². The number of aryl methyl sites for hydroxylation is 1. The molecular formula is C25H19FN2O3. The molecule has 0 bridgehead atoms. The molecule has 1 aromatic heterocycles. The first-order valence-corrected chi connectivity index (χ1v) is 9.56. The van der Waals surface area contributed by atoms with Crippen LogP contribution in [0, 0.1) is 5.82 Å². The van der Waals surface area contributed by atoms with Crippen molar-refractivity contribution in [1.29, 1.82) is 0 Å². The summed E-state index contributed by atoms with van der Waals surface area (Å²) in [7, 11) is 1.68. The van der Waals surface area contributed by atoms with E-state index in [9.17, 15) is 14.0 Å². The highest BCUT2D eigenvalue weighted by atomic mass is 19.1. The number of hydrogen-bond donors (Lipinski definition) is 1. The van der Waals surface area contributed by atoms with Crippen LogP contribution in [0.3, 0.4) is 0 Å². The lowest BCUT2D eigenvalue weighted by Crippen LogP contribution is -2.16. The van der Waals surface area contributed by atoms with Crippen LogP contribution in [0.25, 0.3) is 21.9 Å². The Labute approximate surface area is 178 Å². The molecule has 0 spiro atoms. The van der Waals surface area contributed by atoms with E-state index in [2.05, 4.69) is 11.9 Å². The fourth-order valence-corrected chi connectivity index (χ4v) is 3.36. The highest BCUT2D eigenvalue weighted by molar-refractivity contribution is 6.01. The van der Waals surface area contributed by atoms with Gasteiger partial charge in [-0.1, -0.05) is 24.8 Å². The van der Waals surface area contributed by atoms with Crippen molar-refractivity contribution in [3.8, 4) is 22.6 Å². The molecule has 31 heavy (non-hydrogen) atoms. The topological polar surface area (TPSA) is 60.3 Å². The van der Waals surface area contributed by atoms with E-state index in [1.54, 1.807) is 37.5 Å². The van der Waals surface area contributed by atoms with Gasteiger partial charge < -0.3 is 14.6 Å². The largest absolute Gasteiger partial charge is 0.457 e. The molecular weight excluding hydrogens is 395 g/mol. The Morgan fingerprint density at radius 3 is 2.45 bits per heavy atom. The Morgan fingerprint density at radius 2 is 1.74 bits per heavy atom. The molecule has 0 unspecified atom stereocenters. The van der Waals surface area contributed by atoms with Crippen LogP contribution >= 0.6 is 0 Å². The van der Waals surface area contributed by atoms with Crippen LogP contribution in [0.15, 0.2) is 90.4 Å². The van der Waals surface area contributed by atoms with E-state index in [1.165, 1.54) is 34.9 Å². The molecule has 154 valence electrons. The summed E-state index contributed by atoms with van der Waals surface area (Å²) in [6.45, 7) is 3.47. The van der Waals surface area contributed by atoms with E-state index in [-0.39, 0.29) is 17.3 Å². The zero-order valence-corrected chi connectivity index (χ0v) is 16.8. The third kappa shape index (κ3) is 4.09. The van der Waals surface area contributed by atoms with Gasteiger partial charge in [0.2, 0.25) is 5.91 Å². The quantitative estimate of drug-likeness (QED) is 0.453. The van der Waals surface area contributed by atoms with Crippen LogP contribution in [0.2, 0.25) is 0 Å². The number of carbonyl (C=O) groups excluding carboxylic acids is 1. The molecule has 0 atom stereocenters. The van der Waals surface area contributed by atoms with Crippen molar-refractivity contribution in [2.75, 3.05) is 5.32 Å². The first-order valence-electron chi connectivity index (χ1n) is 9.56. The minimum atomic E-state index is -0.362. The van der Waals surface area contributed by atoms with Gasteiger partial charge in [0.1, 0.15) is 17.3 Å². The number of ether oxygens (including phenoxy) is 1. The molecule has 4 rings (SSSR count). The molecule has 0 aliphatic heterocycles. The van der Waals surface area contributed by atoms with Gasteiger partial charge in [-0.05, 0) is 60.0 Å². The number of hydrogen-bond acceptors (Lipinski definition) is 3. The number of carbonyl (C=O) groups is 1. The number of halogens is 1. The van der Waals surface area contributed by atoms with Crippen molar-refractivity contribution in [1.82, 2.24) is 4.57 Å². The summed E-state index contributed by atoms with van der Waals surface area (Å²) >= 11 is 0. The number of amides is 1. The van der Waals surface area contributed by atoms with Gasteiger partial charge in [-0.2, -0.15) is 0 Å². The van der Waals surface area contributed by atoms with Crippen LogP contribution in [-0.4, -0.2) is 10.5 Å². The number of anilines is 1. The molecule has 6 heteroatoms. The van der Waals surface area contributed by atoms with Crippen molar-refractivity contribution >= 4 is 22.4 Å². The Bertz CT molecular complexity index is 1360. The van der Waals surface area contributed by atoms with Gasteiger partial charge in [-0.25, -0.2) is 4.39 Å². The second-order valence-corrected chi connectivity index (χ2v) is 6.96. The summed E-state index contributed by atoms with van der Waals surface area (Å²) in [6.07, 6.45) is 2.92. The van der Waals surface area contributed by atoms with E-state index < -0.39 is 0 Å². The van der Waals surface area contributed by atoms with Crippen LogP contribution in [0.1, 0.15) is 0 Å². The Kier molecular flexibility index (Phi) is 5.37. The number of pyridine rings is 1. The summed E-state index contributed by atoms with van der Waals surface area (Å²) in [6, 6.07) is 18.2. The third-order valence-corrected chi connectivity index (χ3v) is 4.85. The zero-order chi connectivity index (χ0) is 22.0. The fraction of sp³-hybridized carbons (Fsp3) is 0.0400. The van der Waals surface area contributed by atoms with Crippen LogP contribution in [0.5, 0.6) is 11.5 Å². The monoisotopic (exact) mass is 414 g/mol. The summed E-state index contributed by atoms with van der Waals surface area (Å²) in [4.78, 5) is 24.4. The van der Waals surface area contributed by atoms with Gasteiger partial charge in [0.25, 0.3) is 5.56 Å². The van der Waals surface area contributed by atoms with Gasteiger partial charge in [0, 0.05) is 35.4 Å². The smallest absolute Gasteiger partial charge is 0.258 e. The minimum absolute atomic E-state index is 0.114. The highest BCUT2D eigenvalue weighted by Gasteiger charge is 2.15. The second kappa shape index (κ2) is 8.28. The lowest BCUT2D eigenvalue weighted by Gasteiger charge is -2.16. The third-order valence-electron chi connectivity index (χ3n) is 4.85. The van der Waals surface area contributed by atoms with Crippen molar-refractivity contribution in [3.63, 3.8) is 0 Å². The average Bonchev–Trinajstić information content (AvgIpc) is 2.78. The van der Waals surface area contributed by atoms with Crippen molar-refractivity contribution in [3.05, 3.63) is 102 Å². The van der Waals surface area contributed by atoms with E-state index in [0.29, 0.717) is 28.1 Å². The van der Waals surface area contributed by atoms with Gasteiger partial charge >= 0.3 is 0 Å². The number of fused-ring (bicyclic) bond motifs is 1. The molecule has 0 aliphatic rings. The average molecular weight is 414 g/mol. The lowest BCUT2D eigenvalue weighted by molar-refractivity contribution is -0.111. The maximum absolute atomic E-state index is 13.3. The van der Waals surface area contributed by atoms with E-state index in [1.807, 2.05) is 18.2 Å². The Balaban J connectivity index is 1.93. The van der Waals surface area contributed by atoms with Crippen molar-refractivity contribution < 1.29 is 13.9 Å². The van der Waals surface area contributed by atoms with Crippen LogP contribution in [0.4, 0.5) is 10.1 Å². The number of nitrogens with zero attached hydrogens (tertiary/aromatic N) is 1. The minimum Gasteiger partial charge on any atom is -0.457 e. The number of benzene rings is 3. The van der Waals surface area contributed by atoms with E-state index >= 15 is 0 Å². The first kappa shape index (κ1) is 20.1. The molecule has 1 amide bonds. The predicted molar refractivity (Wildman–Crippen MR) is 120 cm³/mol. The number of aromatic nitrogens is 1. The summed E-state index contributed by atoms with van der Waals surface area (Å²) < 4.78 is 20.8. The van der Waals surface area contributed by atoms with Crippen LogP contribution < -0.4 is 15.6 Å². The predicted octanol–water partition coefficient (Wildman–Crippen LogP) is 5.26. The summed E-state index contributed by atoms with van der Waals surface area (Å²) in [5, 5.41) is 4.06. The van der Waals surface area contributed by atoms with Gasteiger partial charge in [-0.3, -0.25) is 9.59 Å². The highest BCUT2D eigenvalue weighted by Crippen LogP contribution is 2.38. The molecule has 1 heterocycles. The molecule has 0 saturated heterocycles. The second-order valence-electron chi connectivity index (χ2n) is 6.96. The van der Waals surface area contributed by atoms with E-state index in [4.69, 9.17) is 4.74 Å². The molecule has 1 N–H and O–H groups in total. The zero-order valence-electron chi connectivity index (χ0n) is 16.8. The Morgan fingerprint density at radius 1 is 1.03 bits per heavy atom. The first-order chi connectivity index (χ1) is 15.0. The molecule has 0 saturated carbocycles. The number of nitrogens with one attached hydrogen (secondary N) is 1. The standard InChI is InChI=1S/C25H19FN2O3/c1-3-24(29)27-17-10-13-23(31-18-11-8-16(26)9-12-18)21(14-17)22-15-28(2)25(30)20-7-5-4-6-19(20)22/h3-15H,1H2,2H3,(H,27,29). The van der Waals surface area contributed by atoms with Crippen LogP contribution in [-0.2, 0) is 11.8 Å². The fourth-order valence-electron chi connectivity index (χ4n) is 3.36. The normalized spacial score (nSPS) is 10.6. The molecule has 0 aliphatic carbocycles. The molecule has 5 nitrogen and oxygen atoms in total. The van der Waals surface area contributed by atoms with Gasteiger partial charge in [0.15, 0.2) is 0 Å². The summed E-state index contributed by atoms with van der Waals surface area (Å²) in [5.41, 5.74) is 1.85. The molecule has 3 aromatic carbocycles. The SMILES string of the molecule is C=CC(=O)Nc1ccc(Oc2ccc(F)cc2)c(-c2cn(C)c(=O)c3ccccc23)c1. The maximum Gasteiger partial charge on any atom is 0.258 e. The molecule has 0 fully saturated rings. The van der Waals surface area contributed by atoms with Gasteiger partial charge in [0.05, 0.1) is 0 Å². The van der Waals surface area contributed by atoms with Gasteiger partial charge in [-0.15, -0.1) is 0 Å². The van der Waals surface area contributed by atoms with Crippen molar-refractivity contribution in [2.24, 2.45) is 7.05 Å². The van der Waals surface area contributed by atoms with E-state index in [0.717, 1.165) is 10.9 Å². The lowest BCUT2D eigenvalue weighted by atomic mass is 9.99. The Hall–Kier alpha value is -4.19.